The zero-order chi connectivity index (χ0) is 25.8. The van der Waals surface area contributed by atoms with Crippen molar-refractivity contribution < 1.29 is 38.4 Å². The highest BCUT2D eigenvalue weighted by atomic mass is 16.5. The lowest BCUT2D eigenvalue weighted by molar-refractivity contribution is -0.147. The average molecular weight is 483 g/mol. The van der Waals surface area contributed by atoms with Crippen molar-refractivity contribution in [3.63, 3.8) is 0 Å². The SMILES string of the molecule is CCC(CC(=O)O)OC.CCC(CC(=O)OCc1ccccc1)OC.CCC1CC(=O)CCO1. The molecule has 1 aromatic rings. The highest BCUT2D eigenvalue weighted by Gasteiger charge is 2.17. The number of hydrogen-bond donors (Lipinski definition) is 1. The third-order valence-electron chi connectivity index (χ3n) is 5.26. The first-order valence-electron chi connectivity index (χ1n) is 11.9. The molecule has 0 radical (unpaired) electrons. The number of carboxylic acid groups (broad SMARTS) is 1. The van der Waals surface area contributed by atoms with Crippen LogP contribution in [0, 0.1) is 0 Å². The normalized spacial score (nSPS) is 16.7. The van der Waals surface area contributed by atoms with Gasteiger partial charge < -0.3 is 24.1 Å². The van der Waals surface area contributed by atoms with Crippen LogP contribution in [0.3, 0.4) is 0 Å². The van der Waals surface area contributed by atoms with Crippen LogP contribution < -0.4 is 0 Å². The number of esters is 1. The van der Waals surface area contributed by atoms with Crippen LogP contribution in [-0.2, 0) is 39.9 Å². The van der Waals surface area contributed by atoms with Crippen molar-refractivity contribution in [2.24, 2.45) is 0 Å². The maximum atomic E-state index is 11.4. The van der Waals surface area contributed by atoms with Gasteiger partial charge in [-0.05, 0) is 24.8 Å². The predicted octanol–water partition coefficient (Wildman–Crippen LogP) is 4.58. The van der Waals surface area contributed by atoms with E-state index in [-0.39, 0.29) is 30.7 Å². The lowest BCUT2D eigenvalue weighted by Crippen LogP contribution is -2.24. The van der Waals surface area contributed by atoms with Crippen molar-refractivity contribution in [1.29, 1.82) is 0 Å². The number of carbonyl (C=O) groups is 3. The van der Waals surface area contributed by atoms with E-state index in [1.165, 1.54) is 7.11 Å². The standard InChI is InChI=1S/C13H18O3.C7H12O2.C6H12O3/c1-3-12(15-2)9-13(14)16-10-11-7-5-4-6-8-11;1-2-7-5-6(8)3-4-9-7;1-3-5(9-2)4-6(7)8/h4-8,12H,3,9-10H2,1-2H3;7H,2-5H2,1H3;5H,3-4H2,1-2H3,(H,7,8). The van der Waals surface area contributed by atoms with Crippen LogP contribution in [-0.4, -0.2) is 62.0 Å². The molecule has 1 saturated heterocycles. The molecule has 1 heterocycles. The predicted molar refractivity (Wildman–Crippen MR) is 130 cm³/mol. The molecule has 0 aromatic heterocycles. The second-order valence-electron chi connectivity index (χ2n) is 7.87. The summed E-state index contributed by atoms with van der Waals surface area (Å²) in [7, 11) is 3.13. The Morgan fingerprint density at radius 1 is 1.03 bits per heavy atom. The van der Waals surface area contributed by atoms with E-state index in [0.717, 1.165) is 24.8 Å². The molecule has 8 heteroatoms. The Labute approximate surface area is 203 Å². The Hall–Kier alpha value is -2.29. The number of Topliss-reactive ketones (excluding diaryl/α,β-unsaturated/α-hetero) is 1. The minimum atomic E-state index is -0.802. The van der Waals surface area contributed by atoms with Gasteiger partial charge in [0, 0.05) is 27.1 Å². The highest BCUT2D eigenvalue weighted by molar-refractivity contribution is 5.79. The summed E-state index contributed by atoms with van der Waals surface area (Å²) in [5.74, 6) is -0.658. The van der Waals surface area contributed by atoms with Crippen LogP contribution in [0.15, 0.2) is 30.3 Å². The van der Waals surface area contributed by atoms with Gasteiger partial charge in [-0.25, -0.2) is 0 Å². The van der Waals surface area contributed by atoms with Gasteiger partial charge in [0.15, 0.2) is 0 Å². The van der Waals surface area contributed by atoms with E-state index in [0.29, 0.717) is 38.3 Å². The number of ether oxygens (including phenoxy) is 4. The molecule has 1 aliphatic heterocycles. The number of benzene rings is 1. The Morgan fingerprint density at radius 2 is 1.62 bits per heavy atom. The summed E-state index contributed by atoms with van der Waals surface area (Å²) in [5.41, 5.74) is 1.00. The highest BCUT2D eigenvalue weighted by Crippen LogP contribution is 2.11. The van der Waals surface area contributed by atoms with E-state index in [4.69, 9.17) is 24.1 Å². The van der Waals surface area contributed by atoms with Gasteiger partial charge in [0.2, 0.25) is 0 Å². The van der Waals surface area contributed by atoms with Gasteiger partial charge in [-0.3, -0.25) is 14.4 Å². The molecule has 1 aliphatic rings. The van der Waals surface area contributed by atoms with Crippen molar-refractivity contribution in [3.8, 4) is 0 Å². The number of ketones is 1. The molecule has 1 aromatic carbocycles. The molecule has 0 spiro atoms. The molecular weight excluding hydrogens is 440 g/mol. The summed E-state index contributed by atoms with van der Waals surface area (Å²) in [5, 5.41) is 8.27. The molecule has 2 rings (SSSR count). The Kier molecular flexibility index (Phi) is 18.8. The largest absolute Gasteiger partial charge is 0.481 e. The molecule has 0 bridgehead atoms. The van der Waals surface area contributed by atoms with Crippen LogP contribution in [0.4, 0.5) is 0 Å². The van der Waals surface area contributed by atoms with Gasteiger partial charge in [0.1, 0.15) is 12.4 Å². The number of aliphatic carboxylic acids is 1. The van der Waals surface area contributed by atoms with Gasteiger partial charge in [-0.1, -0.05) is 51.1 Å². The molecule has 1 fully saturated rings. The van der Waals surface area contributed by atoms with E-state index in [1.807, 2.05) is 51.1 Å². The topological polar surface area (TPSA) is 108 Å². The molecule has 0 amide bonds. The lowest BCUT2D eigenvalue weighted by atomic mass is 10.1. The van der Waals surface area contributed by atoms with Gasteiger partial charge in [-0.15, -0.1) is 0 Å². The van der Waals surface area contributed by atoms with Crippen molar-refractivity contribution in [2.75, 3.05) is 20.8 Å². The zero-order valence-electron chi connectivity index (χ0n) is 21.3. The van der Waals surface area contributed by atoms with E-state index >= 15 is 0 Å². The fourth-order valence-corrected chi connectivity index (χ4v) is 2.98. The van der Waals surface area contributed by atoms with E-state index in [2.05, 4.69) is 0 Å². The average Bonchev–Trinajstić information content (AvgIpc) is 2.85. The molecule has 0 aliphatic carbocycles. The minimum absolute atomic E-state index is 0.0386. The Balaban J connectivity index is 0.000000518. The maximum absolute atomic E-state index is 11.4. The first-order chi connectivity index (χ1) is 16.3. The van der Waals surface area contributed by atoms with E-state index in [1.54, 1.807) is 7.11 Å². The Bertz CT molecular complexity index is 663. The fourth-order valence-electron chi connectivity index (χ4n) is 2.98. The monoisotopic (exact) mass is 482 g/mol. The second-order valence-corrected chi connectivity index (χ2v) is 7.87. The molecule has 34 heavy (non-hydrogen) atoms. The number of carbonyl (C=O) groups excluding carboxylic acids is 2. The van der Waals surface area contributed by atoms with Gasteiger partial charge in [-0.2, -0.15) is 0 Å². The molecule has 3 atom stereocenters. The summed E-state index contributed by atoms with van der Waals surface area (Å²) in [6.45, 7) is 6.90. The quantitative estimate of drug-likeness (QED) is 0.457. The van der Waals surface area contributed by atoms with Crippen LogP contribution in [0.5, 0.6) is 0 Å². The van der Waals surface area contributed by atoms with Crippen LogP contribution in [0.25, 0.3) is 0 Å². The van der Waals surface area contributed by atoms with Crippen LogP contribution >= 0.6 is 0 Å². The smallest absolute Gasteiger partial charge is 0.308 e. The summed E-state index contributed by atoms with van der Waals surface area (Å²) >= 11 is 0. The minimum Gasteiger partial charge on any atom is -0.481 e. The molecule has 8 nitrogen and oxygen atoms in total. The van der Waals surface area contributed by atoms with Crippen LogP contribution in [0.1, 0.15) is 71.3 Å². The van der Waals surface area contributed by atoms with Gasteiger partial charge in [0.25, 0.3) is 0 Å². The zero-order valence-corrected chi connectivity index (χ0v) is 21.3. The number of carboxylic acids is 1. The number of hydrogen-bond acceptors (Lipinski definition) is 7. The molecule has 0 saturated carbocycles. The third kappa shape index (κ3) is 16.3. The molecule has 194 valence electrons. The van der Waals surface area contributed by atoms with Gasteiger partial charge in [0.05, 0.1) is 37.8 Å². The third-order valence-corrected chi connectivity index (χ3v) is 5.26. The lowest BCUT2D eigenvalue weighted by Gasteiger charge is -2.19. The van der Waals surface area contributed by atoms with Crippen molar-refractivity contribution in [3.05, 3.63) is 35.9 Å². The Morgan fingerprint density at radius 3 is 2.03 bits per heavy atom. The summed E-state index contributed by atoms with van der Waals surface area (Å²) in [6, 6.07) is 9.64. The molecule has 1 N–H and O–H groups in total. The van der Waals surface area contributed by atoms with Gasteiger partial charge >= 0.3 is 11.9 Å². The first-order valence-corrected chi connectivity index (χ1v) is 11.9. The molecule has 3 unspecified atom stereocenters. The second kappa shape index (κ2) is 20.1. The van der Waals surface area contributed by atoms with Crippen molar-refractivity contribution in [1.82, 2.24) is 0 Å². The summed E-state index contributed by atoms with van der Waals surface area (Å²) in [4.78, 5) is 32.2. The van der Waals surface area contributed by atoms with E-state index < -0.39 is 5.97 Å². The van der Waals surface area contributed by atoms with E-state index in [9.17, 15) is 14.4 Å². The maximum Gasteiger partial charge on any atom is 0.308 e. The first kappa shape index (κ1) is 31.7. The molecular formula is C26H42O8. The number of rotatable bonds is 11. The van der Waals surface area contributed by atoms with Crippen molar-refractivity contribution >= 4 is 17.7 Å². The van der Waals surface area contributed by atoms with Crippen LogP contribution in [0.2, 0.25) is 0 Å². The summed E-state index contributed by atoms with van der Waals surface area (Å²) < 4.78 is 20.4. The van der Waals surface area contributed by atoms with Crippen molar-refractivity contribution in [2.45, 2.75) is 90.6 Å². The summed E-state index contributed by atoms with van der Waals surface area (Å²) in [6.07, 6.45) is 4.27. The number of methoxy groups -OCH3 is 2. The fraction of sp³-hybridized carbons (Fsp3) is 0.654.